The Labute approximate surface area is 183 Å². The van der Waals surface area contributed by atoms with Gasteiger partial charge in [-0.25, -0.2) is 4.99 Å². The Bertz CT molecular complexity index is 809. The van der Waals surface area contributed by atoms with Gasteiger partial charge in [-0.15, -0.1) is 0 Å². The van der Waals surface area contributed by atoms with Crippen LogP contribution in [0.25, 0.3) is 0 Å². The van der Waals surface area contributed by atoms with Crippen LogP contribution in [-0.4, -0.2) is 83.8 Å². The fourth-order valence-electron chi connectivity index (χ4n) is 3.76. The molecule has 31 heavy (non-hydrogen) atoms. The minimum absolute atomic E-state index is 0.0768. The first-order valence-electron chi connectivity index (χ1n) is 10.8. The lowest BCUT2D eigenvalue weighted by atomic mass is 10.2. The number of likely N-dealkylation sites (tertiary alicyclic amines) is 1. The lowest BCUT2D eigenvalue weighted by molar-refractivity contribution is -0.384. The summed E-state index contributed by atoms with van der Waals surface area (Å²) in [5.74, 6) is 1.03. The maximum atomic E-state index is 12.4. The summed E-state index contributed by atoms with van der Waals surface area (Å²) in [4.78, 5) is 34.0. The van der Waals surface area contributed by atoms with E-state index in [9.17, 15) is 14.9 Å². The Hall–Kier alpha value is -2.94. The third kappa shape index (κ3) is 6.78. The molecule has 0 atom stereocenters. The van der Waals surface area contributed by atoms with Gasteiger partial charge in [0.25, 0.3) is 5.69 Å². The molecule has 2 heterocycles. The fourth-order valence-corrected chi connectivity index (χ4v) is 3.76. The molecule has 0 aliphatic carbocycles. The third-order valence-corrected chi connectivity index (χ3v) is 5.60. The zero-order valence-electron chi connectivity index (χ0n) is 18.3. The molecular formula is C22H32N6O3. The van der Waals surface area contributed by atoms with Gasteiger partial charge in [0.1, 0.15) is 0 Å². The first-order valence-corrected chi connectivity index (χ1v) is 10.8. The van der Waals surface area contributed by atoms with Crippen LogP contribution in [0.3, 0.4) is 0 Å². The number of nitro benzene ring substituents is 1. The summed E-state index contributed by atoms with van der Waals surface area (Å²) in [6.07, 6.45) is 2.23. The van der Waals surface area contributed by atoms with Gasteiger partial charge in [0.15, 0.2) is 5.96 Å². The van der Waals surface area contributed by atoms with Crippen molar-refractivity contribution >= 4 is 17.6 Å². The van der Waals surface area contributed by atoms with Crippen LogP contribution in [0.2, 0.25) is 0 Å². The van der Waals surface area contributed by atoms with E-state index in [1.165, 1.54) is 12.1 Å². The summed E-state index contributed by atoms with van der Waals surface area (Å²) >= 11 is 0. The van der Waals surface area contributed by atoms with E-state index in [1.807, 2.05) is 11.8 Å². The van der Waals surface area contributed by atoms with Gasteiger partial charge in [-0.2, -0.15) is 0 Å². The molecule has 1 N–H and O–H groups in total. The first kappa shape index (κ1) is 22.7. The summed E-state index contributed by atoms with van der Waals surface area (Å²) in [6.45, 7) is 12.4. The molecule has 0 bridgehead atoms. The van der Waals surface area contributed by atoms with Crippen LogP contribution in [0.5, 0.6) is 0 Å². The summed E-state index contributed by atoms with van der Waals surface area (Å²) in [6, 6.07) is 6.48. The van der Waals surface area contributed by atoms with E-state index in [2.05, 4.69) is 21.7 Å². The molecule has 0 aromatic heterocycles. The zero-order valence-corrected chi connectivity index (χ0v) is 18.3. The van der Waals surface area contributed by atoms with Crippen molar-refractivity contribution in [3.63, 3.8) is 0 Å². The molecule has 2 fully saturated rings. The number of benzene rings is 1. The van der Waals surface area contributed by atoms with Gasteiger partial charge in [0.05, 0.1) is 18.0 Å². The number of hydrogen-bond acceptors (Lipinski definition) is 5. The molecule has 2 aliphatic heterocycles. The van der Waals surface area contributed by atoms with Crippen molar-refractivity contribution in [1.82, 2.24) is 20.0 Å². The van der Waals surface area contributed by atoms with Crippen molar-refractivity contribution in [2.75, 3.05) is 52.4 Å². The summed E-state index contributed by atoms with van der Waals surface area (Å²) in [7, 11) is 0. The highest BCUT2D eigenvalue weighted by Crippen LogP contribution is 2.13. The standard InChI is InChI=1S/C22H32N6O3/c1-18(2)15-23-22(24-16-19-5-7-20(8-6-19)28(30)31)27-13-11-25(12-14-27)17-21(29)26-9-3-4-10-26/h5-8H,1,3-4,9-17H2,2H3,(H,23,24). The molecule has 9 heteroatoms. The number of guanidine groups is 1. The molecule has 1 aromatic carbocycles. The van der Waals surface area contributed by atoms with Crippen LogP contribution in [0, 0.1) is 10.1 Å². The normalized spacial score (nSPS) is 17.6. The monoisotopic (exact) mass is 428 g/mol. The second-order valence-corrected chi connectivity index (χ2v) is 8.23. The van der Waals surface area contributed by atoms with Crippen LogP contribution < -0.4 is 5.32 Å². The van der Waals surface area contributed by atoms with Crippen LogP contribution in [0.15, 0.2) is 41.4 Å². The largest absolute Gasteiger partial charge is 0.353 e. The molecule has 0 unspecified atom stereocenters. The van der Waals surface area contributed by atoms with E-state index < -0.39 is 4.92 Å². The van der Waals surface area contributed by atoms with E-state index in [0.29, 0.717) is 19.6 Å². The second-order valence-electron chi connectivity index (χ2n) is 8.23. The minimum Gasteiger partial charge on any atom is -0.353 e. The Kier molecular flexibility index (Phi) is 8.00. The maximum absolute atomic E-state index is 12.4. The minimum atomic E-state index is -0.402. The van der Waals surface area contributed by atoms with Crippen molar-refractivity contribution in [3.05, 3.63) is 52.1 Å². The van der Waals surface area contributed by atoms with Gasteiger partial charge in [-0.1, -0.05) is 24.3 Å². The average Bonchev–Trinajstić information content (AvgIpc) is 3.30. The van der Waals surface area contributed by atoms with Crippen molar-refractivity contribution in [2.45, 2.75) is 26.3 Å². The smallest absolute Gasteiger partial charge is 0.269 e. The molecule has 1 amide bonds. The number of carbonyl (C=O) groups is 1. The fraction of sp³-hybridized carbons (Fsp3) is 0.545. The molecule has 3 rings (SSSR count). The van der Waals surface area contributed by atoms with Gasteiger partial charge < -0.3 is 15.1 Å². The number of non-ortho nitro benzene ring substituents is 1. The Balaban J connectivity index is 1.57. The number of amides is 1. The molecule has 2 aliphatic rings. The maximum Gasteiger partial charge on any atom is 0.269 e. The molecular weight excluding hydrogens is 396 g/mol. The highest BCUT2D eigenvalue weighted by Gasteiger charge is 2.24. The third-order valence-electron chi connectivity index (χ3n) is 5.60. The van der Waals surface area contributed by atoms with Crippen molar-refractivity contribution in [1.29, 1.82) is 0 Å². The SMILES string of the molecule is C=C(C)CNC(=NCc1ccc([N+](=O)[O-])cc1)N1CCN(CC(=O)N2CCCC2)CC1. The predicted octanol–water partition coefficient (Wildman–Crippen LogP) is 1.86. The Morgan fingerprint density at radius 1 is 1.10 bits per heavy atom. The highest BCUT2D eigenvalue weighted by molar-refractivity contribution is 5.81. The van der Waals surface area contributed by atoms with Gasteiger partial charge in [-0.05, 0) is 25.3 Å². The number of piperazine rings is 1. The molecule has 9 nitrogen and oxygen atoms in total. The topological polar surface area (TPSA) is 94.3 Å². The van der Waals surface area contributed by atoms with Crippen LogP contribution in [0.4, 0.5) is 5.69 Å². The van der Waals surface area contributed by atoms with Crippen LogP contribution in [-0.2, 0) is 11.3 Å². The summed E-state index contributed by atoms with van der Waals surface area (Å²) in [5.41, 5.74) is 2.00. The van der Waals surface area contributed by atoms with Gasteiger partial charge >= 0.3 is 0 Å². The van der Waals surface area contributed by atoms with Gasteiger partial charge in [0, 0.05) is 57.9 Å². The zero-order chi connectivity index (χ0) is 22.2. The quantitative estimate of drug-likeness (QED) is 0.234. The van der Waals surface area contributed by atoms with Crippen LogP contribution >= 0.6 is 0 Å². The van der Waals surface area contributed by atoms with Crippen molar-refractivity contribution in [3.8, 4) is 0 Å². The van der Waals surface area contributed by atoms with E-state index in [4.69, 9.17) is 4.99 Å². The molecule has 0 saturated carbocycles. The highest BCUT2D eigenvalue weighted by atomic mass is 16.6. The number of nitrogens with one attached hydrogen (secondary N) is 1. The molecule has 0 radical (unpaired) electrons. The van der Waals surface area contributed by atoms with E-state index in [0.717, 1.165) is 69.2 Å². The van der Waals surface area contributed by atoms with Gasteiger partial charge in [0.2, 0.25) is 5.91 Å². The van der Waals surface area contributed by atoms with Crippen LogP contribution in [0.1, 0.15) is 25.3 Å². The van der Waals surface area contributed by atoms with E-state index >= 15 is 0 Å². The number of aliphatic imine (C=N–C) groups is 1. The average molecular weight is 429 g/mol. The number of nitro groups is 1. The number of rotatable bonds is 7. The lowest BCUT2D eigenvalue weighted by Gasteiger charge is -2.36. The second kappa shape index (κ2) is 10.9. The molecule has 168 valence electrons. The van der Waals surface area contributed by atoms with Gasteiger partial charge in [-0.3, -0.25) is 19.8 Å². The van der Waals surface area contributed by atoms with Crippen molar-refractivity contribution in [2.24, 2.45) is 4.99 Å². The number of hydrogen-bond donors (Lipinski definition) is 1. The number of carbonyl (C=O) groups excluding carboxylic acids is 1. The number of nitrogens with zero attached hydrogens (tertiary/aromatic N) is 5. The molecule has 1 aromatic rings. The molecule has 2 saturated heterocycles. The predicted molar refractivity (Wildman–Crippen MR) is 121 cm³/mol. The Morgan fingerprint density at radius 3 is 2.32 bits per heavy atom. The first-order chi connectivity index (χ1) is 14.9. The summed E-state index contributed by atoms with van der Waals surface area (Å²) in [5, 5.41) is 14.2. The summed E-state index contributed by atoms with van der Waals surface area (Å²) < 4.78 is 0. The van der Waals surface area contributed by atoms with Crippen molar-refractivity contribution < 1.29 is 9.72 Å². The van der Waals surface area contributed by atoms with E-state index in [1.54, 1.807) is 12.1 Å². The lowest BCUT2D eigenvalue weighted by Crippen LogP contribution is -2.54. The molecule has 0 spiro atoms. The Morgan fingerprint density at radius 2 is 1.74 bits per heavy atom. The van der Waals surface area contributed by atoms with E-state index in [-0.39, 0.29) is 11.6 Å².